The highest BCUT2D eigenvalue weighted by Crippen LogP contribution is 2.19. The van der Waals surface area contributed by atoms with Crippen molar-refractivity contribution in [3.8, 4) is 0 Å². The Labute approximate surface area is 116 Å². The van der Waals surface area contributed by atoms with Crippen molar-refractivity contribution in [2.45, 2.75) is 38.3 Å². The number of amides is 1. The molecule has 0 bridgehead atoms. The van der Waals surface area contributed by atoms with Crippen LogP contribution in [0, 0.1) is 0 Å². The standard InChI is InChI=1S/C14H17F2NO3/c1-14(15,16)8-7-12(9-18)17-13(19)20-10-11-5-3-2-4-6-11/h2-6,9,12H,7-8,10H2,1H3,(H,17,19)/t12-/m0/s1. The molecule has 0 heterocycles. The lowest BCUT2D eigenvalue weighted by Gasteiger charge is -2.15. The van der Waals surface area contributed by atoms with Gasteiger partial charge in [-0.2, -0.15) is 0 Å². The summed E-state index contributed by atoms with van der Waals surface area (Å²) in [5.41, 5.74) is 0.797. The molecule has 0 fully saturated rings. The second-order valence-corrected chi connectivity index (χ2v) is 4.56. The smallest absolute Gasteiger partial charge is 0.408 e. The van der Waals surface area contributed by atoms with Crippen LogP contribution < -0.4 is 5.32 Å². The maximum absolute atomic E-state index is 12.7. The minimum atomic E-state index is -2.86. The van der Waals surface area contributed by atoms with Gasteiger partial charge >= 0.3 is 6.09 Å². The van der Waals surface area contributed by atoms with Crippen LogP contribution in [-0.2, 0) is 16.1 Å². The molecule has 1 atom stereocenters. The zero-order chi connectivity index (χ0) is 15.0. The molecule has 110 valence electrons. The first kappa shape index (κ1) is 16.1. The molecule has 0 aliphatic carbocycles. The number of benzene rings is 1. The van der Waals surface area contributed by atoms with Gasteiger partial charge in [-0.3, -0.25) is 0 Å². The fraction of sp³-hybridized carbons (Fsp3) is 0.429. The maximum atomic E-state index is 12.7. The van der Waals surface area contributed by atoms with Crippen molar-refractivity contribution in [2.75, 3.05) is 0 Å². The van der Waals surface area contributed by atoms with Gasteiger partial charge in [0, 0.05) is 6.42 Å². The molecule has 0 aromatic heterocycles. The molecule has 1 aromatic rings. The van der Waals surface area contributed by atoms with E-state index in [-0.39, 0.29) is 13.0 Å². The summed E-state index contributed by atoms with van der Waals surface area (Å²) in [5, 5.41) is 2.25. The summed E-state index contributed by atoms with van der Waals surface area (Å²) in [7, 11) is 0. The normalized spacial score (nSPS) is 12.6. The van der Waals surface area contributed by atoms with Gasteiger partial charge in [-0.15, -0.1) is 0 Å². The van der Waals surface area contributed by atoms with Gasteiger partial charge in [-0.05, 0) is 18.9 Å². The predicted octanol–water partition coefficient (Wildman–Crippen LogP) is 2.92. The van der Waals surface area contributed by atoms with Gasteiger partial charge in [0.1, 0.15) is 12.9 Å². The summed E-state index contributed by atoms with van der Waals surface area (Å²) < 4.78 is 30.2. The largest absolute Gasteiger partial charge is 0.445 e. The molecule has 1 rings (SSSR count). The lowest BCUT2D eigenvalue weighted by Crippen LogP contribution is -2.37. The molecule has 4 nitrogen and oxygen atoms in total. The molecule has 1 N–H and O–H groups in total. The van der Waals surface area contributed by atoms with Crippen LogP contribution in [0.1, 0.15) is 25.3 Å². The van der Waals surface area contributed by atoms with Crippen LogP contribution >= 0.6 is 0 Å². The van der Waals surface area contributed by atoms with Gasteiger partial charge in [-0.25, -0.2) is 13.6 Å². The van der Waals surface area contributed by atoms with Gasteiger partial charge in [0.25, 0.3) is 0 Å². The van der Waals surface area contributed by atoms with E-state index in [1.807, 2.05) is 6.07 Å². The first-order valence-corrected chi connectivity index (χ1v) is 6.21. The molecule has 0 saturated heterocycles. The minimum absolute atomic E-state index is 0.0577. The topological polar surface area (TPSA) is 55.4 Å². The molecule has 0 aliphatic heterocycles. The Morgan fingerprint density at radius 1 is 1.40 bits per heavy atom. The third kappa shape index (κ3) is 6.82. The zero-order valence-electron chi connectivity index (χ0n) is 11.1. The fourth-order valence-electron chi connectivity index (χ4n) is 1.50. The molecule has 0 saturated carbocycles. The fourth-order valence-corrected chi connectivity index (χ4v) is 1.50. The number of carbonyl (C=O) groups is 2. The quantitative estimate of drug-likeness (QED) is 0.784. The Morgan fingerprint density at radius 2 is 2.05 bits per heavy atom. The van der Waals surface area contributed by atoms with Crippen LogP contribution in [0.25, 0.3) is 0 Å². The third-order valence-corrected chi connectivity index (χ3v) is 2.57. The average molecular weight is 285 g/mol. The Bertz CT molecular complexity index is 432. The number of carbonyl (C=O) groups excluding carboxylic acids is 2. The van der Waals surface area contributed by atoms with Crippen molar-refractivity contribution in [1.82, 2.24) is 5.32 Å². The van der Waals surface area contributed by atoms with Crippen LogP contribution in [0.15, 0.2) is 30.3 Å². The highest BCUT2D eigenvalue weighted by Gasteiger charge is 2.23. The van der Waals surface area contributed by atoms with Crippen LogP contribution in [0.5, 0.6) is 0 Å². The van der Waals surface area contributed by atoms with Crippen molar-refractivity contribution >= 4 is 12.4 Å². The van der Waals surface area contributed by atoms with Gasteiger partial charge in [0.2, 0.25) is 5.92 Å². The molecule has 0 spiro atoms. The summed E-state index contributed by atoms with van der Waals surface area (Å²) in [5.74, 6) is -2.86. The maximum Gasteiger partial charge on any atom is 0.408 e. The molecule has 0 radical (unpaired) electrons. The van der Waals surface area contributed by atoms with E-state index < -0.39 is 24.5 Å². The summed E-state index contributed by atoms with van der Waals surface area (Å²) in [6.07, 6.45) is -0.983. The minimum Gasteiger partial charge on any atom is -0.445 e. The molecule has 1 amide bonds. The molecular weight excluding hydrogens is 268 g/mol. The lowest BCUT2D eigenvalue weighted by molar-refractivity contribution is -0.110. The van der Waals surface area contributed by atoms with Crippen molar-refractivity contribution in [2.24, 2.45) is 0 Å². The third-order valence-electron chi connectivity index (χ3n) is 2.57. The number of alkyl carbamates (subject to hydrolysis) is 1. The molecule has 6 heteroatoms. The van der Waals surface area contributed by atoms with Gasteiger partial charge < -0.3 is 14.8 Å². The monoisotopic (exact) mass is 285 g/mol. The predicted molar refractivity (Wildman–Crippen MR) is 69.5 cm³/mol. The molecule has 1 aromatic carbocycles. The number of halogens is 2. The average Bonchev–Trinajstić information content (AvgIpc) is 2.41. The van der Waals surface area contributed by atoms with E-state index in [1.165, 1.54) is 0 Å². The van der Waals surface area contributed by atoms with Crippen molar-refractivity contribution in [3.63, 3.8) is 0 Å². The summed E-state index contributed by atoms with van der Waals surface area (Å²) in [6, 6.07) is 8.02. The first-order valence-electron chi connectivity index (χ1n) is 6.21. The summed E-state index contributed by atoms with van der Waals surface area (Å²) in [6.45, 7) is 0.824. The number of alkyl halides is 2. The highest BCUT2D eigenvalue weighted by atomic mass is 19.3. The summed E-state index contributed by atoms with van der Waals surface area (Å²) >= 11 is 0. The second-order valence-electron chi connectivity index (χ2n) is 4.56. The van der Waals surface area contributed by atoms with Crippen molar-refractivity contribution in [1.29, 1.82) is 0 Å². The lowest BCUT2D eigenvalue weighted by atomic mass is 10.1. The number of hydrogen-bond donors (Lipinski definition) is 1. The zero-order valence-corrected chi connectivity index (χ0v) is 11.1. The van der Waals surface area contributed by atoms with Gasteiger partial charge in [0.15, 0.2) is 0 Å². The Balaban J connectivity index is 2.34. The van der Waals surface area contributed by atoms with E-state index in [0.29, 0.717) is 6.29 Å². The number of ether oxygens (including phenoxy) is 1. The SMILES string of the molecule is CC(F)(F)CC[C@@H](C=O)NC(=O)OCc1ccccc1. The van der Waals surface area contributed by atoms with Crippen LogP contribution in [0.2, 0.25) is 0 Å². The highest BCUT2D eigenvalue weighted by molar-refractivity contribution is 5.73. The Hall–Kier alpha value is -1.98. The van der Waals surface area contributed by atoms with E-state index in [0.717, 1.165) is 12.5 Å². The number of rotatable bonds is 7. The number of hydrogen-bond acceptors (Lipinski definition) is 3. The Kier molecular flexibility index (Phi) is 6.09. The Morgan fingerprint density at radius 3 is 2.60 bits per heavy atom. The number of aldehydes is 1. The van der Waals surface area contributed by atoms with Crippen molar-refractivity contribution in [3.05, 3.63) is 35.9 Å². The summed E-state index contributed by atoms with van der Waals surface area (Å²) in [4.78, 5) is 22.1. The molecule has 0 unspecified atom stereocenters. The van der Waals surface area contributed by atoms with E-state index in [4.69, 9.17) is 4.74 Å². The molecule has 0 aliphatic rings. The van der Waals surface area contributed by atoms with E-state index in [2.05, 4.69) is 5.32 Å². The van der Waals surface area contributed by atoms with Crippen LogP contribution in [-0.4, -0.2) is 24.3 Å². The first-order chi connectivity index (χ1) is 9.40. The van der Waals surface area contributed by atoms with Crippen molar-refractivity contribution < 1.29 is 23.1 Å². The van der Waals surface area contributed by atoms with E-state index in [9.17, 15) is 18.4 Å². The molecular formula is C14H17F2NO3. The van der Waals surface area contributed by atoms with Crippen LogP contribution in [0.3, 0.4) is 0 Å². The van der Waals surface area contributed by atoms with Gasteiger partial charge in [-0.1, -0.05) is 30.3 Å². The molecule has 20 heavy (non-hydrogen) atoms. The number of nitrogens with one attached hydrogen (secondary N) is 1. The van der Waals surface area contributed by atoms with E-state index >= 15 is 0 Å². The van der Waals surface area contributed by atoms with Gasteiger partial charge in [0.05, 0.1) is 6.04 Å². The second kappa shape index (κ2) is 7.57. The van der Waals surface area contributed by atoms with Crippen LogP contribution in [0.4, 0.5) is 13.6 Å². The van der Waals surface area contributed by atoms with E-state index in [1.54, 1.807) is 24.3 Å².